The van der Waals surface area contributed by atoms with Crippen molar-refractivity contribution in [3.8, 4) is 23.0 Å². The number of phenols is 2. The van der Waals surface area contributed by atoms with Gasteiger partial charge in [-0.2, -0.15) is 0 Å². The molecule has 2 aromatic carbocycles. The van der Waals surface area contributed by atoms with Crippen molar-refractivity contribution in [3.63, 3.8) is 0 Å². The molecular formula is C27H30N2O4. The molecule has 6 nitrogen and oxygen atoms in total. The van der Waals surface area contributed by atoms with Crippen molar-refractivity contribution in [3.05, 3.63) is 76.6 Å². The van der Waals surface area contributed by atoms with Crippen LogP contribution in [0.1, 0.15) is 53.8 Å². The summed E-state index contributed by atoms with van der Waals surface area (Å²) in [6.45, 7) is 5.28. The lowest BCUT2D eigenvalue weighted by Crippen LogP contribution is -2.53. The van der Waals surface area contributed by atoms with Crippen LogP contribution in [0.4, 0.5) is 0 Å². The normalized spacial score (nSPS) is 21.0. The van der Waals surface area contributed by atoms with Gasteiger partial charge in [0.2, 0.25) is 0 Å². The molecule has 0 saturated heterocycles. The average Bonchev–Trinajstić information content (AvgIpc) is 2.82. The van der Waals surface area contributed by atoms with Gasteiger partial charge in [0, 0.05) is 41.5 Å². The van der Waals surface area contributed by atoms with Crippen molar-refractivity contribution in [2.75, 3.05) is 20.8 Å². The number of nitrogens with zero attached hydrogens (tertiary/aromatic N) is 2. The molecule has 5 rings (SSSR count). The zero-order valence-corrected chi connectivity index (χ0v) is 19.5. The van der Waals surface area contributed by atoms with Crippen LogP contribution in [0.15, 0.2) is 48.7 Å². The predicted octanol–water partition coefficient (Wildman–Crippen LogP) is 4.68. The van der Waals surface area contributed by atoms with Crippen LogP contribution in [0.2, 0.25) is 0 Å². The smallest absolute Gasteiger partial charge is 0.166 e. The van der Waals surface area contributed by atoms with Crippen LogP contribution in [-0.4, -0.2) is 40.9 Å². The zero-order chi connectivity index (χ0) is 23.3. The number of rotatable bonds is 4. The molecule has 3 aromatic rings. The van der Waals surface area contributed by atoms with Gasteiger partial charge in [0.25, 0.3) is 0 Å². The molecule has 2 N–H and O–H groups in total. The van der Waals surface area contributed by atoms with E-state index in [0.29, 0.717) is 0 Å². The standard InChI is InChI=1S/C27H30N2O4/c1-27(2)24-18(8-9-23(32-3)26(24)33-4)20(14-17-7-5-6-11-28-17)25-19-15-22(31)21(30)13-16(19)10-12-29(25)27/h5-9,11,13,15,20,25,30-31H,10,12,14H2,1-4H3. The lowest BCUT2D eigenvalue weighted by Gasteiger charge is -2.55. The minimum atomic E-state index is -0.342. The van der Waals surface area contributed by atoms with Crippen molar-refractivity contribution in [2.45, 2.75) is 44.2 Å². The highest BCUT2D eigenvalue weighted by Gasteiger charge is 2.50. The summed E-state index contributed by atoms with van der Waals surface area (Å²) in [5, 5.41) is 20.6. The highest BCUT2D eigenvalue weighted by atomic mass is 16.5. The lowest BCUT2D eigenvalue weighted by molar-refractivity contribution is 0.0236. The second-order valence-corrected chi connectivity index (χ2v) is 9.38. The Morgan fingerprint density at radius 3 is 2.52 bits per heavy atom. The van der Waals surface area contributed by atoms with Crippen molar-refractivity contribution in [2.24, 2.45) is 0 Å². The van der Waals surface area contributed by atoms with E-state index >= 15 is 0 Å². The highest BCUT2D eigenvalue weighted by Crippen LogP contribution is 2.57. The summed E-state index contributed by atoms with van der Waals surface area (Å²) in [4.78, 5) is 7.12. The quantitative estimate of drug-likeness (QED) is 0.567. The molecule has 0 saturated carbocycles. The second-order valence-electron chi connectivity index (χ2n) is 9.38. The Bertz CT molecular complexity index is 1190. The Kier molecular flexibility index (Phi) is 5.20. The van der Waals surface area contributed by atoms with E-state index in [9.17, 15) is 10.2 Å². The Morgan fingerprint density at radius 1 is 1.03 bits per heavy atom. The summed E-state index contributed by atoms with van der Waals surface area (Å²) in [7, 11) is 3.36. The first-order chi connectivity index (χ1) is 15.9. The van der Waals surface area contributed by atoms with Gasteiger partial charge in [-0.15, -0.1) is 0 Å². The zero-order valence-electron chi connectivity index (χ0n) is 19.5. The van der Waals surface area contributed by atoms with E-state index in [2.05, 4.69) is 35.9 Å². The molecule has 0 amide bonds. The molecule has 33 heavy (non-hydrogen) atoms. The van der Waals surface area contributed by atoms with E-state index in [1.165, 1.54) is 5.56 Å². The van der Waals surface area contributed by atoms with Crippen molar-refractivity contribution >= 4 is 0 Å². The van der Waals surface area contributed by atoms with Gasteiger partial charge in [0.15, 0.2) is 23.0 Å². The van der Waals surface area contributed by atoms with Gasteiger partial charge in [-0.1, -0.05) is 12.1 Å². The van der Waals surface area contributed by atoms with Gasteiger partial charge < -0.3 is 19.7 Å². The summed E-state index contributed by atoms with van der Waals surface area (Å²) >= 11 is 0. The Labute approximate surface area is 194 Å². The summed E-state index contributed by atoms with van der Waals surface area (Å²) in [6.07, 6.45) is 3.36. The first-order valence-corrected chi connectivity index (χ1v) is 11.3. The number of phenolic OH excluding ortho intramolecular Hbond substituents is 2. The molecule has 0 radical (unpaired) electrons. The first-order valence-electron chi connectivity index (χ1n) is 11.3. The molecule has 2 aliphatic rings. The maximum atomic E-state index is 10.4. The van der Waals surface area contributed by atoms with E-state index in [1.54, 1.807) is 26.4 Å². The Hall–Kier alpha value is -3.25. The Balaban J connectivity index is 1.77. The fourth-order valence-electron chi connectivity index (χ4n) is 5.90. The molecule has 2 atom stereocenters. The van der Waals surface area contributed by atoms with E-state index < -0.39 is 0 Å². The largest absolute Gasteiger partial charge is 0.504 e. The molecule has 0 bridgehead atoms. The van der Waals surface area contributed by atoms with Crippen LogP contribution in [0, 0.1) is 0 Å². The van der Waals surface area contributed by atoms with Crippen LogP contribution in [-0.2, 0) is 18.4 Å². The van der Waals surface area contributed by atoms with Crippen LogP contribution in [0.5, 0.6) is 23.0 Å². The van der Waals surface area contributed by atoms with Crippen LogP contribution in [0.3, 0.4) is 0 Å². The predicted molar refractivity (Wildman–Crippen MR) is 126 cm³/mol. The monoisotopic (exact) mass is 446 g/mol. The molecule has 2 aliphatic heterocycles. The average molecular weight is 447 g/mol. The molecule has 3 heterocycles. The lowest BCUT2D eigenvalue weighted by atomic mass is 9.68. The fraction of sp³-hybridized carbons (Fsp3) is 0.370. The van der Waals surface area contributed by atoms with Gasteiger partial charge in [0.05, 0.1) is 14.2 Å². The number of aromatic hydroxyl groups is 2. The minimum Gasteiger partial charge on any atom is -0.504 e. The molecule has 0 aliphatic carbocycles. The van der Waals surface area contributed by atoms with Crippen LogP contribution >= 0.6 is 0 Å². The van der Waals surface area contributed by atoms with Crippen LogP contribution in [0.25, 0.3) is 0 Å². The van der Waals surface area contributed by atoms with E-state index in [1.807, 2.05) is 24.4 Å². The number of pyridine rings is 1. The first kappa shape index (κ1) is 21.6. The van der Waals surface area contributed by atoms with Gasteiger partial charge in [0.1, 0.15) is 0 Å². The SMILES string of the molecule is COc1ccc2c(c1OC)C(C)(C)N1CCc3cc(O)c(O)cc3C1C2Cc1ccccn1. The highest BCUT2D eigenvalue weighted by molar-refractivity contribution is 5.59. The number of methoxy groups -OCH3 is 2. The van der Waals surface area contributed by atoms with E-state index in [0.717, 1.165) is 53.3 Å². The maximum Gasteiger partial charge on any atom is 0.166 e. The summed E-state index contributed by atoms with van der Waals surface area (Å²) in [5.74, 6) is 1.42. The number of fused-ring (bicyclic) bond motifs is 4. The third-order valence-electron chi connectivity index (χ3n) is 7.36. The third kappa shape index (κ3) is 3.32. The number of hydrogen-bond acceptors (Lipinski definition) is 6. The summed E-state index contributed by atoms with van der Waals surface area (Å²) in [6, 6.07) is 13.6. The molecule has 2 unspecified atom stereocenters. The molecular weight excluding hydrogens is 416 g/mol. The van der Waals surface area contributed by atoms with E-state index in [-0.39, 0.29) is 29.0 Å². The van der Waals surface area contributed by atoms with Gasteiger partial charge in [-0.25, -0.2) is 0 Å². The molecule has 0 fully saturated rings. The summed E-state index contributed by atoms with van der Waals surface area (Å²) in [5.41, 5.74) is 5.14. The van der Waals surface area contributed by atoms with Gasteiger partial charge >= 0.3 is 0 Å². The second kappa shape index (κ2) is 7.96. The topological polar surface area (TPSA) is 75.1 Å². The van der Waals surface area contributed by atoms with Crippen molar-refractivity contribution in [1.29, 1.82) is 0 Å². The van der Waals surface area contributed by atoms with Gasteiger partial charge in [-0.3, -0.25) is 9.88 Å². The Morgan fingerprint density at radius 2 is 1.82 bits per heavy atom. The number of hydrogen-bond donors (Lipinski definition) is 2. The molecule has 1 aromatic heterocycles. The van der Waals surface area contributed by atoms with Crippen molar-refractivity contribution < 1.29 is 19.7 Å². The minimum absolute atomic E-state index is 0.0165. The third-order valence-corrected chi connectivity index (χ3v) is 7.36. The molecule has 6 heteroatoms. The fourth-order valence-corrected chi connectivity index (χ4v) is 5.90. The van der Waals surface area contributed by atoms with Crippen LogP contribution < -0.4 is 9.47 Å². The van der Waals surface area contributed by atoms with E-state index in [4.69, 9.17) is 9.47 Å². The van der Waals surface area contributed by atoms with Crippen molar-refractivity contribution in [1.82, 2.24) is 9.88 Å². The number of aromatic nitrogens is 1. The maximum absolute atomic E-state index is 10.4. The molecule has 172 valence electrons. The molecule has 0 spiro atoms. The van der Waals surface area contributed by atoms with Gasteiger partial charge in [-0.05, 0) is 73.7 Å². The number of ether oxygens (including phenoxy) is 2. The summed E-state index contributed by atoms with van der Waals surface area (Å²) < 4.78 is 11.6. The number of benzene rings is 2.